The summed E-state index contributed by atoms with van der Waals surface area (Å²) >= 11 is 0. The maximum absolute atomic E-state index is 14.2. The third-order valence-electron chi connectivity index (χ3n) is 3.91. The van der Waals surface area contributed by atoms with E-state index in [9.17, 15) is 23.1 Å². The third kappa shape index (κ3) is 6.39. The van der Waals surface area contributed by atoms with Crippen molar-refractivity contribution in [1.82, 2.24) is 5.32 Å². The Hall–Kier alpha value is -1.76. The molecular weight excluding hydrogens is 323 g/mol. The van der Waals surface area contributed by atoms with Crippen LogP contribution >= 0.6 is 0 Å². The second-order valence-electron chi connectivity index (χ2n) is 6.88. The molecule has 7 heteroatoms. The first-order chi connectivity index (χ1) is 10.9. The Labute approximate surface area is 139 Å². The van der Waals surface area contributed by atoms with Crippen LogP contribution in [0, 0.1) is 11.7 Å². The SMILES string of the molecule is CC(CCC(C)(C)NC(=O)O)CC(F)(F)C(O)c1ccc(F)cc1. The predicted molar refractivity (Wildman–Crippen MR) is 84.6 cm³/mol. The summed E-state index contributed by atoms with van der Waals surface area (Å²) in [5.74, 6) is -4.34. The molecule has 0 aromatic heterocycles. The summed E-state index contributed by atoms with van der Waals surface area (Å²) in [6, 6.07) is 4.33. The van der Waals surface area contributed by atoms with Gasteiger partial charge in [0.1, 0.15) is 11.9 Å². The molecule has 0 heterocycles. The first kappa shape index (κ1) is 20.3. The molecule has 3 N–H and O–H groups in total. The van der Waals surface area contributed by atoms with Gasteiger partial charge in [-0.05, 0) is 50.3 Å². The second kappa shape index (κ2) is 7.88. The van der Waals surface area contributed by atoms with Crippen molar-refractivity contribution in [2.45, 2.75) is 57.6 Å². The Kier molecular flexibility index (Phi) is 6.66. The van der Waals surface area contributed by atoms with Crippen LogP contribution in [0.25, 0.3) is 0 Å². The van der Waals surface area contributed by atoms with E-state index in [1.54, 1.807) is 20.8 Å². The number of halogens is 3. The lowest BCUT2D eigenvalue weighted by Gasteiger charge is -2.29. The van der Waals surface area contributed by atoms with Crippen LogP contribution in [0.4, 0.5) is 18.0 Å². The molecule has 4 nitrogen and oxygen atoms in total. The van der Waals surface area contributed by atoms with E-state index in [1.807, 2.05) is 0 Å². The van der Waals surface area contributed by atoms with Crippen LogP contribution in [0.3, 0.4) is 0 Å². The number of carboxylic acid groups (broad SMARTS) is 1. The third-order valence-corrected chi connectivity index (χ3v) is 3.91. The minimum Gasteiger partial charge on any atom is -0.465 e. The van der Waals surface area contributed by atoms with E-state index in [1.165, 1.54) is 0 Å². The molecule has 0 saturated heterocycles. The molecule has 0 aliphatic rings. The molecule has 1 rings (SSSR count). The Balaban J connectivity index is 2.62. The van der Waals surface area contributed by atoms with Crippen LogP contribution in [0.2, 0.25) is 0 Å². The van der Waals surface area contributed by atoms with E-state index in [0.717, 1.165) is 24.3 Å². The standard InChI is InChI=1S/C17H24F3NO3/c1-11(8-9-16(2,3)21-15(23)24)10-17(19,20)14(22)12-4-6-13(18)7-5-12/h4-7,11,14,21-22H,8-10H2,1-3H3,(H,23,24). The van der Waals surface area contributed by atoms with Crippen molar-refractivity contribution in [1.29, 1.82) is 0 Å². The first-order valence-electron chi connectivity index (χ1n) is 7.75. The second-order valence-corrected chi connectivity index (χ2v) is 6.88. The van der Waals surface area contributed by atoms with Crippen molar-refractivity contribution in [2.24, 2.45) is 5.92 Å². The highest BCUT2D eigenvalue weighted by atomic mass is 19.3. The van der Waals surface area contributed by atoms with E-state index in [0.29, 0.717) is 12.8 Å². The Morgan fingerprint density at radius 2 is 1.79 bits per heavy atom. The van der Waals surface area contributed by atoms with Gasteiger partial charge in [-0.1, -0.05) is 19.1 Å². The molecule has 136 valence electrons. The highest BCUT2D eigenvalue weighted by molar-refractivity contribution is 5.65. The average Bonchev–Trinajstić information content (AvgIpc) is 2.43. The van der Waals surface area contributed by atoms with Gasteiger partial charge in [0, 0.05) is 12.0 Å². The fourth-order valence-electron chi connectivity index (χ4n) is 2.53. The van der Waals surface area contributed by atoms with Gasteiger partial charge in [0.25, 0.3) is 5.92 Å². The summed E-state index contributed by atoms with van der Waals surface area (Å²) in [6.45, 7) is 4.99. The van der Waals surface area contributed by atoms with Crippen LogP contribution in [0.5, 0.6) is 0 Å². The van der Waals surface area contributed by atoms with Crippen LogP contribution in [-0.4, -0.2) is 27.8 Å². The van der Waals surface area contributed by atoms with Gasteiger partial charge < -0.3 is 15.5 Å². The van der Waals surface area contributed by atoms with Crippen molar-refractivity contribution in [2.75, 3.05) is 0 Å². The lowest BCUT2D eigenvalue weighted by atomic mass is 9.88. The summed E-state index contributed by atoms with van der Waals surface area (Å²) in [6.07, 6.45) is -2.95. The molecule has 0 aliphatic carbocycles. The number of carbonyl (C=O) groups is 1. The van der Waals surface area contributed by atoms with E-state index >= 15 is 0 Å². The summed E-state index contributed by atoms with van der Waals surface area (Å²) in [5.41, 5.74) is -0.758. The van der Waals surface area contributed by atoms with Gasteiger partial charge >= 0.3 is 6.09 Å². The number of nitrogens with one attached hydrogen (secondary N) is 1. The molecule has 1 aromatic carbocycles. The number of hydrogen-bond acceptors (Lipinski definition) is 2. The minimum atomic E-state index is -3.36. The van der Waals surface area contributed by atoms with Gasteiger partial charge in [-0.15, -0.1) is 0 Å². The molecule has 0 fully saturated rings. The minimum absolute atomic E-state index is 0.0403. The smallest absolute Gasteiger partial charge is 0.405 e. The zero-order valence-corrected chi connectivity index (χ0v) is 14.0. The normalized spacial score (nSPS) is 15.0. The van der Waals surface area contributed by atoms with Crippen molar-refractivity contribution in [3.8, 4) is 0 Å². The number of aliphatic hydroxyl groups excluding tert-OH is 1. The maximum Gasteiger partial charge on any atom is 0.405 e. The van der Waals surface area contributed by atoms with Crippen LogP contribution in [0.1, 0.15) is 51.7 Å². The lowest BCUT2D eigenvalue weighted by Crippen LogP contribution is -2.43. The summed E-state index contributed by atoms with van der Waals surface area (Å²) < 4.78 is 41.3. The molecule has 0 saturated carbocycles. The molecule has 0 spiro atoms. The number of benzene rings is 1. The topological polar surface area (TPSA) is 69.6 Å². The molecule has 24 heavy (non-hydrogen) atoms. The predicted octanol–water partition coefficient (Wildman–Crippen LogP) is 4.35. The highest BCUT2D eigenvalue weighted by Gasteiger charge is 2.40. The maximum atomic E-state index is 14.2. The number of rotatable bonds is 8. The highest BCUT2D eigenvalue weighted by Crippen LogP contribution is 2.38. The van der Waals surface area contributed by atoms with Crippen molar-refractivity contribution in [3.05, 3.63) is 35.6 Å². The number of hydrogen-bond donors (Lipinski definition) is 3. The number of aliphatic hydroxyl groups is 1. The quantitative estimate of drug-likeness (QED) is 0.655. The number of amides is 1. The molecular formula is C17H24F3NO3. The fourth-order valence-corrected chi connectivity index (χ4v) is 2.53. The van der Waals surface area contributed by atoms with E-state index in [4.69, 9.17) is 5.11 Å². The van der Waals surface area contributed by atoms with Gasteiger partial charge in [0.05, 0.1) is 0 Å². The Morgan fingerprint density at radius 1 is 1.25 bits per heavy atom. The van der Waals surface area contributed by atoms with E-state index < -0.39 is 41.8 Å². The zero-order chi connectivity index (χ0) is 18.5. The van der Waals surface area contributed by atoms with Gasteiger partial charge in [-0.25, -0.2) is 18.0 Å². The molecule has 1 aromatic rings. The van der Waals surface area contributed by atoms with Crippen LogP contribution < -0.4 is 5.32 Å². The number of alkyl halides is 2. The monoisotopic (exact) mass is 347 g/mol. The Morgan fingerprint density at radius 3 is 2.29 bits per heavy atom. The average molecular weight is 347 g/mol. The van der Waals surface area contributed by atoms with Crippen molar-refractivity contribution in [3.63, 3.8) is 0 Å². The van der Waals surface area contributed by atoms with Gasteiger partial charge in [0.2, 0.25) is 0 Å². The van der Waals surface area contributed by atoms with Gasteiger partial charge in [-0.2, -0.15) is 0 Å². The summed E-state index contributed by atoms with van der Waals surface area (Å²) in [7, 11) is 0. The summed E-state index contributed by atoms with van der Waals surface area (Å²) in [4.78, 5) is 10.7. The molecule has 0 radical (unpaired) electrons. The van der Waals surface area contributed by atoms with Crippen LogP contribution in [-0.2, 0) is 0 Å². The molecule has 1 amide bonds. The molecule has 2 unspecified atom stereocenters. The zero-order valence-electron chi connectivity index (χ0n) is 14.0. The van der Waals surface area contributed by atoms with Crippen LogP contribution in [0.15, 0.2) is 24.3 Å². The lowest BCUT2D eigenvalue weighted by molar-refractivity contribution is -0.124. The largest absolute Gasteiger partial charge is 0.465 e. The fraction of sp³-hybridized carbons (Fsp3) is 0.588. The Bertz CT molecular complexity index is 547. The van der Waals surface area contributed by atoms with Crippen molar-refractivity contribution < 1.29 is 28.2 Å². The van der Waals surface area contributed by atoms with Gasteiger partial charge in [-0.3, -0.25) is 0 Å². The molecule has 0 aliphatic heterocycles. The first-order valence-corrected chi connectivity index (χ1v) is 7.75. The van der Waals surface area contributed by atoms with Gasteiger partial charge in [0.15, 0.2) is 0 Å². The summed E-state index contributed by atoms with van der Waals surface area (Å²) in [5, 5.41) is 20.9. The molecule has 0 bridgehead atoms. The van der Waals surface area contributed by atoms with E-state index in [2.05, 4.69) is 5.32 Å². The van der Waals surface area contributed by atoms with Crippen molar-refractivity contribution >= 4 is 6.09 Å². The molecule has 2 atom stereocenters. The van der Waals surface area contributed by atoms with E-state index in [-0.39, 0.29) is 5.56 Å².